The summed E-state index contributed by atoms with van der Waals surface area (Å²) in [5, 5.41) is 0.677. The number of carbonyl (C=O) groups excluding carboxylic acids is 1. The minimum Gasteiger partial charge on any atom is -0.461 e. The number of benzene rings is 1. The molecule has 0 aliphatic carbocycles. The van der Waals surface area contributed by atoms with Crippen LogP contribution in [0.25, 0.3) is 0 Å². The third kappa shape index (κ3) is 15.0. The smallest absolute Gasteiger partial charge is 0.306 e. The fourth-order valence-electron chi connectivity index (χ4n) is 3.50. The minimum atomic E-state index is -0.102. The van der Waals surface area contributed by atoms with E-state index in [1.165, 1.54) is 83.5 Å². The molecule has 0 aromatic heterocycles. The average molecular weight is 409 g/mol. The molecule has 0 aliphatic heterocycles. The fraction of sp³-hybridized carbons (Fsp3) is 0.720. The lowest BCUT2D eigenvalue weighted by Gasteiger charge is -2.06. The second-order valence-electron chi connectivity index (χ2n) is 7.99. The lowest BCUT2D eigenvalue weighted by Crippen LogP contribution is -2.04. The van der Waals surface area contributed by atoms with Gasteiger partial charge in [-0.3, -0.25) is 4.79 Å². The van der Waals surface area contributed by atoms with Crippen molar-refractivity contribution in [2.45, 2.75) is 116 Å². The number of esters is 1. The van der Waals surface area contributed by atoms with Crippen LogP contribution in [0.15, 0.2) is 24.3 Å². The number of hydrogen-bond acceptors (Lipinski definition) is 2. The van der Waals surface area contributed by atoms with Crippen LogP contribution < -0.4 is 0 Å². The summed E-state index contributed by atoms with van der Waals surface area (Å²) in [4.78, 5) is 11.8. The van der Waals surface area contributed by atoms with E-state index in [-0.39, 0.29) is 5.97 Å². The Morgan fingerprint density at radius 3 is 1.79 bits per heavy atom. The molecule has 0 unspecified atom stereocenters. The van der Waals surface area contributed by atoms with Crippen molar-refractivity contribution in [2.24, 2.45) is 0 Å². The minimum absolute atomic E-state index is 0.102. The summed E-state index contributed by atoms with van der Waals surface area (Å²) < 4.78 is 5.30. The van der Waals surface area contributed by atoms with Gasteiger partial charge < -0.3 is 4.74 Å². The van der Waals surface area contributed by atoms with Crippen LogP contribution in [0.5, 0.6) is 0 Å². The first-order chi connectivity index (χ1) is 13.7. The number of hydrogen-bond donors (Lipinski definition) is 0. The maximum absolute atomic E-state index is 11.8. The van der Waals surface area contributed by atoms with Gasteiger partial charge in [0.25, 0.3) is 0 Å². The molecule has 2 nitrogen and oxygen atoms in total. The molecule has 0 radical (unpaired) electrons. The zero-order valence-corrected chi connectivity index (χ0v) is 18.8. The third-order valence-corrected chi connectivity index (χ3v) is 5.51. The van der Waals surface area contributed by atoms with Gasteiger partial charge in [0.2, 0.25) is 0 Å². The van der Waals surface area contributed by atoms with Gasteiger partial charge in [-0.25, -0.2) is 0 Å². The van der Waals surface area contributed by atoms with Gasteiger partial charge in [0.1, 0.15) is 6.61 Å². The molecule has 0 N–H and O–H groups in total. The maximum atomic E-state index is 11.8. The molecule has 0 amide bonds. The summed E-state index contributed by atoms with van der Waals surface area (Å²) >= 11 is 5.93. The molecule has 1 rings (SSSR count). The van der Waals surface area contributed by atoms with Gasteiger partial charge in [0, 0.05) is 11.4 Å². The monoisotopic (exact) mass is 408 g/mol. The molecular weight excluding hydrogens is 368 g/mol. The fourth-order valence-corrected chi connectivity index (χ4v) is 3.72. The average Bonchev–Trinajstić information content (AvgIpc) is 2.69. The zero-order valence-electron chi connectivity index (χ0n) is 18.0. The number of carbonyl (C=O) groups is 1. The van der Waals surface area contributed by atoms with Crippen LogP contribution >= 0.6 is 11.6 Å². The molecule has 0 saturated heterocycles. The molecule has 0 spiro atoms. The molecule has 0 atom stereocenters. The Bertz CT molecular complexity index is 501. The zero-order chi connectivity index (χ0) is 20.3. The van der Waals surface area contributed by atoms with Crippen LogP contribution in [-0.4, -0.2) is 5.97 Å². The second kappa shape index (κ2) is 18.0. The highest BCUT2D eigenvalue weighted by Gasteiger charge is 2.04. The van der Waals surface area contributed by atoms with Crippen molar-refractivity contribution in [1.82, 2.24) is 0 Å². The molecule has 0 saturated carbocycles. The Morgan fingerprint density at radius 1 is 0.786 bits per heavy atom. The number of unbranched alkanes of at least 4 members (excludes halogenated alkanes) is 14. The van der Waals surface area contributed by atoms with Crippen LogP contribution in [0.1, 0.15) is 115 Å². The lowest BCUT2D eigenvalue weighted by molar-refractivity contribution is -0.145. The van der Waals surface area contributed by atoms with Crippen molar-refractivity contribution in [2.75, 3.05) is 0 Å². The summed E-state index contributed by atoms with van der Waals surface area (Å²) in [7, 11) is 0. The molecular formula is C25H41ClO2. The normalized spacial score (nSPS) is 10.9. The Labute approximate surface area is 178 Å². The van der Waals surface area contributed by atoms with E-state index in [9.17, 15) is 4.79 Å². The largest absolute Gasteiger partial charge is 0.461 e. The SMILES string of the molecule is CCCCCCCCCCCCCCCCCC(=O)OCc1cccc(Cl)c1. The van der Waals surface area contributed by atoms with Gasteiger partial charge in [-0.1, -0.05) is 121 Å². The lowest BCUT2D eigenvalue weighted by atomic mass is 10.0. The van der Waals surface area contributed by atoms with E-state index in [4.69, 9.17) is 16.3 Å². The highest BCUT2D eigenvalue weighted by atomic mass is 35.5. The first kappa shape index (κ1) is 25.0. The summed E-state index contributed by atoms with van der Waals surface area (Å²) in [6.45, 7) is 2.59. The number of rotatable bonds is 18. The molecule has 160 valence electrons. The summed E-state index contributed by atoms with van der Waals surface area (Å²) in [6.07, 6.45) is 20.5. The number of ether oxygens (including phenoxy) is 1. The van der Waals surface area contributed by atoms with Crippen molar-refractivity contribution in [3.63, 3.8) is 0 Å². The molecule has 28 heavy (non-hydrogen) atoms. The highest BCUT2D eigenvalue weighted by Crippen LogP contribution is 2.15. The van der Waals surface area contributed by atoms with E-state index < -0.39 is 0 Å². The highest BCUT2D eigenvalue weighted by molar-refractivity contribution is 6.30. The summed E-state index contributed by atoms with van der Waals surface area (Å²) in [6, 6.07) is 7.46. The Morgan fingerprint density at radius 2 is 1.29 bits per heavy atom. The van der Waals surface area contributed by atoms with Crippen LogP contribution in [0.4, 0.5) is 0 Å². The molecule has 1 aromatic rings. The standard InChI is InChI=1S/C25H41ClO2/c1-2-3-4-5-6-7-8-9-10-11-12-13-14-15-16-20-25(27)28-22-23-18-17-19-24(26)21-23/h17-19,21H,2-16,20,22H2,1H3. The van der Waals surface area contributed by atoms with Crippen LogP contribution in [0.3, 0.4) is 0 Å². The van der Waals surface area contributed by atoms with Gasteiger partial charge >= 0.3 is 5.97 Å². The first-order valence-electron chi connectivity index (χ1n) is 11.6. The second-order valence-corrected chi connectivity index (χ2v) is 8.43. The van der Waals surface area contributed by atoms with Crippen molar-refractivity contribution < 1.29 is 9.53 Å². The van der Waals surface area contributed by atoms with Gasteiger partial charge in [-0.2, -0.15) is 0 Å². The molecule has 0 aliphatic rings. The van der Waals surface area contributed by atoms with Crippen molar-refractivity contribution in [3.8, 4) is 0 Å². The molecule has 0 bridgehead atoms. The molecule has 1 aromatic carbocycles. The van der Waals surface area contributed by atoms with Crippen LogP contribution in [-0.2, 0) is 16.1 Å². The Kier molecular flexibility index (Phi) is 16.1. The van der Waals surface area contributed by atoms with E-state index in [0.717, 1.165) is 18.4 Å². The predicted octanol–water partition coefficient (Wildman–Crippen LogP) is 8.64. The van der Waals surface area contributed by atoms with E-state index in [1.54, 1.807) is 0 Å². The van der Waals surface area contributed by atoms with Crippen LogP contribution in [0.2, 0.25) is 5.02 Å². The third-order valence-electron chi connectivity index (χ3n) is 5.27. The number of halogens is 1. The molecule has 0 fully saturated rings. The van der Waals surface area contributed by atoms with Gasteiger partial charge in [0.05, 0.1) is 0 Å². The van der Waals surface area contributed by atoms with Gasteiger partial charge in [-0.05, 0) is 24.1 Å². The first-order valence-corrected chi connectivity index (χ1v) is 12.0. The molecule has 3 heteroatoms. The molecule has 0 heterocycles. The van der Waals surface area contributed by atoms with E-state index >= 15 is 0 Å². The van der Waals surface area contributed by atoms with Crippen LogP contribution in [0, 0.1) is 0 Å². The maximum Gasteiger partial charge on any atom is 0.306 e. The Hall–Kier alpha value is -1.02. The predicted molar refractivity (Wildman–Crippen MR) is 121 cm³/mol. The van der Waals surface area contributed by atoms with E-state index in [0.29, 0.717) is 18.1 Å². The van der Waals surface area contributed by atoms with E-state index in [1.807, 2.05) is 24.3 Å². The van der Waals surface area contributed by atoms with Gasteiger partial charge in [0.15, 0.2) is 0 Å². The van der Waals surface area contributed by atoms with Crippen molar-refractivity contribution >= 4 is 17.6 Å². The van der Waals surface area contributed by atoms with Gasteiger partial charge in [-0.15, -0.1) is 0 Å². The Balaban J connectivity index is 1.80. The summed E-state index contributed by atoms with van der Waals surface area (Å²) in [5.41, 5.74) is 0.942. The van der Waals surface area contributed by atoms with Crippen molar-refractivity contribution in [3.05, 3.63) is 34.9 Å². The van der Waals surface area contributed by atoms with Crippen molar-refractivity contribution in [1.29, 1.82) is 0 Å². The van der Waals surface area contributed by atoms with E-state index in [2.05, 4.69) is 6.92 Å². The topological polar surface area (TPSA) is 26.3 Å². The summed E-state index contributed by atoms with van der Waals surface area (Å²) in [5.74, 6) is -0.102. The quantitative estimate of drug-likeness (QED) is 0.179.